The van der Waals surface area contributed by atoms with Crippen molar-refractivity contribution in [3.8, 4) is 10.2 Å². The Morgan fingerprint density at radius 3 is 3.05 bits per heavy atom. The standard InChI is InChI=1S/C11H10N6O2S2/c1-3-8-7(6-19-10-12-4-5-20-10)9(21-13-8)17-11(18)16(2)14-15-17/h3-5H,1,6H2,2H3/i4T. The number of nitrogens with zero attached hydrogens (tertiary/aromatic N) is 6. The molecule has 0 aliphatic carbocycles. The molecule has 0 aromatic carbocycles. The van der Waals surface area contributed by atoms with Crippen LogP contribution in [0.3, 0.4) is 0 Å². The molecule has 0 aliphatic rings. The molecule has 0 N–H and O–H groups in total. The molecule has 3 rings (SSSR count). The van der Waals surface area contributed by atoms with Gasteiger partial charge >= 0.3 is 5.69 Å². The van der Waals surface area contributed by atoms with Gasteiger partial charge in [-0.05, 0) is 28.0 Å². The van der Waals surface area contributed by atoms with Crippen molar-refractivity contribution in [1.29, 1.82) is 0 Å². The van der Waals surface area contributed by atoms with Gasteiger partial charge in [0.05, 0.1) is 12.6 Å². The third-order valence-corrected chi connectivity index (χ3v) is 4.13. The van der Waals surface area contributed by atoms with Crippen LogP contribution in [0, 0.1) is 0 Å². The van der Waals surface area contributed by atoms with Crippen LogP contribution < -0.4 is 10.4 Å². The second kappa shape index (κ2) is 5.58. The molecule has 0 aliphatic heterocycles. The van der Waals surface area contributed by atoms with E-state index in [4.69, 9.17) is 6.11 Å². The smallest absolute Gasteiger partial charge is 0.369 e. The number of aryl methyl sites for hydroxylation is 1. The second-order valence-electron chi connectivity index (χ2n) is 3.88. The molecule has 21 heavy (non-hydrogen) atoms. The van der Waals surface area contributed by atoms with Crippen LogP contribution >= 0.6 is 22.9 Å². The molecule has 0 atom stereocenters. The van der Waals surface area contributed by atoms with E-state index in [-0.39, 0.29) is 18.5 Å². The van der Waals surface area contributed by atoms with E-state index >= 15 is 0 Å². The number of rotatable bonds is 5. The first kappa shape index (κ1) is 12.4. The number of ether oxygens (including phenoxy) is 1. The maximum Gasteiger partial charge on any atom is 0.369 e. The largest absolute Gasteiger partial charge is 0.465 e. The van der Waals surface area contributed by atoms with Gasteiger partial charge in [0.1, 0.15) is 6.61 Å². The van der Waals surface area contributed by atoms with Crippen molar-refractivity contribution < 1.29 is 6.11 Å². The molecule has 0 fully saturated rings. The van der Waals surface area contributed by atoms with Gasteiger partial charge in [0, 0.05) is 18.6 Å². The van der Waals surface area contributed by atoms with E-state index in [2.05, 4.69) is 26.4 Å². The van der Waals surface area contributed by atoms with E-state index in [1.54, 1.807) is 11.5 Å². The topological polar surface area (TPSA) is 87.7 Å². The summed E-state index contributed by atoms with van der Waals surface area (Å²) in [6.07, 6.45) is 1.73. The Kier molecular flexibility index (Phi) is 3.30. The van der Waals surface area contributed by atoms with Crippen LogP contribution in [0.5, 0.6) is 5.19 Å². The number of aromatic nitrogens is 6. The van der Waals surface area contributed by atoms with Gasteiger partial charge in [0.15, 0.2) is 5.00 Å². The van der Waals surface area contributed by atoms with Crippen molar-refractivity contribution in [1.82, 2.24) is 29.1 Å². The van der Waals surface area contributed by atoms with E-state index in [1.807, 2.05) is 0 Å². The Morgan fingerprint density at radius 2 is 2.43 bits per heavy atom. The van der Waals surface area contributed by atoms with Crippen LogP contribution in [0.1, 0.15) is 12.6 Å². The normalized spacial score (nSPS) is 11.4. The SMILES string of the molecule is [3H]c1csc(OCc2c(C=C)nsc2-n2nnn(C)c2=O)n1. The summed E-state index contributed by atoms with van der Waals surface area (Å²) >= 11 is 2.34. The van der Waals surface area contributed by atoms with Crippen molar-refractivity contribution in [2.45, 2.75) is 6.61 Å². The zero-order valence-electron chi connectivity index (χ0n) is 11.9. The molecule has 3 aromatic heterocycles. The van der Waals surface area contributed by atoms with E-state index in [0.717, 1.165) is 16.2 Å². The van der Waals surface area contributed by atoms with E-state index in [0.29, 0.717) is 21.5 Å². The highest BCUT2D eigenvalue weighted by atomic mass is 32.1. The highest BCUT2D eigenvalue weighted by Crippen LogP contribution is 2.25. The molecule has 3 aromatic rings. The average molecular weight is 324 g/mol. The van der Waals surface area contributed by atoms with Crippen molar-refractivity contribution in [3.63, 3.8) is 0 Å². The van der Waals surface area contributed by atoms with Gasteiger partial charge in [-0.2, -0.15) is 9.06 Å². The molecule has 0 spiro atoms. The number of hydrogen-bond acceptors (Lipinski definition) is 8. The molecule has 0 amide bonds. The summed E-state index contributed by atoms with van der Waals surface area (Å²) in [4.78, 5) is 15.9. The highest BCUT2D eigenvalue weighted by molar-refractivity contribution is 7.11. The van der Waals surface area contributed by atoms with E-state index in [1.165, 1.54) is 23.1 Å². The molecule has 108 valence electrons. The predicted octanol–water partition coefficient (Wildman–Crippen LogP) is 1.10. The van der Waals surface area contributed by atoms with Crippen LogP contribution in [0.4, 0.5) is 0 Å². The van der Waals surface area contributed by atoms with Gasteiger partial charge in [-0.25, -0.2) is 9.78 Å². The first-order valence-electron chi connectivity index (χ1n) is 6.25. The monoisotopic (exact) mass is 324 g/mol. The summed E-state index contributed by atoms with van der Waals surface area (Å²) in [6, 6.07) is 0. The summed E-state index contributed by atoms with van der Waals surface area (Å²) in [5, 5.41) is 9.97. The fraction of sp³-hybridized carbons (Fsp3) is 0.182. The van der Waals surface area contributed by atoms with Gasteiger partial charge in [-0.15, -0.1) is 4.68 Å². The van der Waals surface area contributed by atoms with Crippen LogP contribution in [-0.4, -0.2) is 29.1 Å². The Labute approximate surface area is 128 Å². The third kappa shape index (κ3) is 2.50. The van der Waals surface area contributed by atoms with E-state index < -0.39 is 0 Å². The van der Waals surface area contributed by atoms with Gasteiger partial charge in [-0.1, -0.05) is 17.9 Å². The zero-order chi connectivity index (χ0) is 15.7. The molecular formula is C11H10N6O2S2. The van der Waals surface area contributed by atoms with Crippen LogP contribution in [0.25, 0.3) is 11.1 Å². The second-order valence-corrected chi connectivity index (χ2v) is 5.46. The molecule has 0 unspecified atom stereocenters. The minimum Gasteiger partial charge on any atom is -0.465 e. The molecule has 10 heteroatoms. The van der Waals surface area contributed by atoms with Crippen LogP contribution in [-0.2, 0) is 13.7 Å². The molecular weight excluding hydrogens is 312 g/mol. The summed E-state index contributed by atoms with van der Waals surface area (Å²) in [5.41, 5.74) is 0.910. The number of hydrogen-bond donors (Lipinski definition) is 0. The molecule has 0 saturated carbocycles. The van der Waals surface area contributed by atoms with Crippen LogP contribution in [0.2, 0.25) is 0 Å². The minimum atomic E-state index is -0.372. The number of tetrazole rings is 1. The lowest BCUT2D eigenvalue weighted by Gasteiger charge is -2.03. The van der Waals surface area contributed by atoms with Gasteiger partial charge in [0.25, 0.3) is 5.19 Å². The predicted molar refractivity (Wildman–Crippen MR) is 78.8 cm³/mol. The minimum absolute atomic E-state index is 0.142. The van der Waals surface area contributed by atoms with Crippen LogP contribution in [0.15, 0.2) is 22.9 Å². The van der Waals surface area contributed by atoms with E-state index in [9.17, 15) is 4.79 Å². The maximum atomic E-state index is 12.0. The molecule has 0 saturated heterocycles. The fourth-order valence-electron chi connectivity index (χ4n) is 1.60. The molecule has 3 heterocycles. The Hall–Kier alpha value is -2.33. The van der Waals surface area contributed by atoms with Crippen molar-refractivity contribution >= 4 is 28.9 Å². The third-order valence-electron chi connectivity index (χ3n) is 2.61. The summed E-state index contributed by atoms with van der Waals surface area (Å²) in [5.74, 6) is 0. The lowest BCUT2D eigenvalue weighted by atomic mass is 10.2. The lowest BCUT2D eigenvalue weighted by molar-refractivity contribution is 0.304. The van der Waals surface area contributed by atoms with Crippen molar-refractivity contribution in [3.05, 3.63) is 39.9 Å². The summed E-state index contributed by atoms with van der Waals surface area (Å²) in [6.45, 7) is 3.84. The Bertz CT molecular complexity index is 879. The Balaban J connectivity index is 1.95. The first-order chi connectivity index (χ1) is 10.6. The average Bonchev–Trinajstić information content (AvgIpc) is 3.18. The van der Waals surface area contributed by atoms with Crippen molar-refractivity contribution in [2.75, 3.05) is 0 Å². The highest BCUT2D eigenvalue weighted by Gasteiger charge is 2.18. The van der Waals surface area contributed by atoms with Gasteiger partial charge < -0.3 is 4.74 Å². The fourth-order valence-corrected chi connectivity index (χ4v) is 2.87. The van der Waals surface area contributed by atoms with Gasteiger partial charge in [0.2, 0.25) is 0 Å². The number of thiazole rings is 1. The molecule has 0 bridgehead atoms. The van der Waals surface area contributed by atoms with Gasteiger partial charge in [-0.3, -0.25) is 0 Å². The molecule has 8 nitrogen and oxygen atoms in total. The summed E-state index contributed by atoms with van der Waals surface area (Å²) < 4.78 is 19.5. The molecule has 0 radical (unpaired) electrons. The first-order valence-corrected chi connectivity index (χ1v) is 7.40. The maximum absolute atomic E-state index is 12.0. The summed E-state index contributed by atoms with van der Waals surface area (Å²) in [7, 11) is 1.52. The Morgan fingerprint density at radius 1 is 1.57 bits per heavy atom. The zero-order valence-corrected chi connectivity index (χ0v) is 12.5. The lowest BCUT2D eigenvalue weighted by Crippen LogP contribution is -2.22. The quantitative estimate of drug-likeness (QED) is 0.698. The van der Waals surface area contributed by atoms with Crippen molar-refractivity contribution in [2.24, 2.45) is 7.05 Å².